The Morgan fingerprint density at radius 3 is 2.28 bits per heavy atom. The largest absolute Gasteiger partial charge is 0.506 e. The van der Waals surface area contributed by atoms with Gasteiger partial charge in [-0.2, -0.15) is 0 Å². The Hall–Kier alpha value is -1.71. The lowest BCUT2D eigenvalue weighted by Crippen LogP contribution is -2.04. The van der Waals surface area contributed by atoms with Gasteiger partial charge in [0.2, 0.25) is 0 Å². The molecule has 0 radical (unpaired) electrons. The number of hydrogen-bond acceptors (Lipinski definition) is 3. The van der Waals surface area contributed by atoms with Crippen molar-refractivity contribution in [3.05, 3.63) is 63.6 Å². The van der Waals surface area contributed by atoms with E-state index in [0.29, 0.717) is 16.8 Å². The van der Waals surface area contributed by atoms with Crippen molar-refractivity contribution in [3.8, 4) is 5.75 Å². The molecule has 0 unspecified atom stereocenters. The van der Waals surface area contributed by atoms with Crippen LogP contribution in [0.4, 0.5) is 0 Å². The molecule has 2 aromatic rings. The van der Waals surface area contributed by atoms with Crippen molar-refractivity contribution in [3.63, 3.8) is 0 Å². The number of aromatic hydroxyl groups is 1. The van der Waals surface area contributed by atoms with Crippen molar-refractivity contribution in [2.24, 2.45) is 5.16 Å². The maximum Gasteiger partial charge on any atom is 0.135 e. The second kappa shape index (κ2) is 5.29. The molecular formula is C13H9Cl2NO2. The van der Waals surface area contributed by atoms with Crippen LogP contribution < -0.4 is 0 Å². The Bertz CT molecular complexity index is 597. The van der Waals surface area contributed by atoms with Crippen molar-refractivity contribution >= 4 is 28.9 Å². The first-order valence-corrected chi connectivity index (χ1v) is 5.85. The van der Waals surface area contributed by atoms with Crippen LogP contribution in [0.3, 0.4) is 0 Å². The first kappa shape index (κ1) is 12.7. The average Bonchev–Trinajstić information content (AvgIpc) is 2.38. The molecule has 0 amide bonds. The van der Waals surface area contributed by atoms with Crippen molar-refractivity contribution in [1.29, 1.82) is 0 Å². The number of halogens is 2. The van der Waals surface area contributed by atoms with Crippen LogP contribution in [0, 0.1) is 0 Å². The molecule has 0 atom stereocenters. The summed E-state index contributed by atoms with van der Waals surface area (Å²) in [4.78, 5) is 0. The van der Waals surface area contributed by atoms with Gasteiger partial charge in [0.15, 0.2) is 0 Å². The van der Waals surface area contributed by atoms with Crippen LogP contribution in [-0.4, -0.2) is 16.0 Å². The SMILES string of the molecule is O/N=C(\c1ccccc1)c1cc(Cl)c(O)cc1Cl. The molecule has 0 aliphatic carbocycles. The Morgan fingerprint density at radius 1 is 1.00 bits per heavy atom. The summed E-state index contributed by atoms with van der Waals surface area (Å²) in [5.41, 5.74) is 1.44. The number of oxime groups is 1. The third-order valence-corrected chi connectivity index (χ3v) is 3.05. The van der Waals surface area contributed by atoms with Crippen LogP contribution in [0.1, 0.15) is 11.1 Å². The molecule has 0 heterocycles. The van der Waals surface area contributed by atoms with E-state index in [4.69, 9.17) is 28.4 Å². The van der Waals surface area contributed by atoms with Crippen LogP contribution in [0.15, 0.2) is 47.6 Å². The highest BCUT2D eigenvalue weighted by Gasteiger charge is 2.14. The zero-order chi connectivity index (χ0) is 13.1. The van der Waals surface area contributed by atoms with E-state index < -0.39 is 0 Å². The van der Waals surface area contributed by atoms with E-state index in [1.54, 1.807) is 12.1 Å². The van der Waals surface area contributed by atoms with E-state index in [1.807, 2.05) is 18.2 Å². The molecule has 0 saturated heterocycles. The van der Waals surface area contributed by atoms with E-state index in [9.17, 15) is 5.11 Å². The molecule has 0 aromatic heterocycles. The van der Waals surface area contributed by atoms with Gasteiger partial charge in [-0.1, -0.05) is 58.7 Å². The second-order valence-corrected chi connectivity index (χ2v) is 4.41. The highest BCUT2D eigenvalue weighted by molar-refractivity contribution is 6.38. The Labute approximate surface area is 114 Å². The summed E-state index contributed by atoms with van der Waals surface area (Å²) in [6.07, 6.45) is 0. The van der Waals surface area contributed by atoms with Crippen LogP contribution in [0.25, 0.3) is 0 Å². The zero-order valence-corrected chi connectivity index (χ0v) is 10.7. The lowest BCUT2D eigenvalue weighted by atomic mass is 10.0. The minimum Gasteiger partial charge on any atom is -0.506 e. The standard InChI is InChI=1S/C13H9Cl2NO2/c14-10-7-12(17)11(15)6-9(10)13(16-18)8-4-2-1-3-5-8/h1-7,17-18H/b16-13+. The van der Waals surface area contributed by atoms with Gasteiger partial charge in [-0.15, -0.1) is 0 Å². The number of phenolic OH excluding ortho intramolecular Hbond substituents is 1. The summed E-state index contributed by atoms with van der Waals surface area (Å²) in [7, 11) is 0. The van der Waals surface area contributed by atoms with Crippen LogP contribution >= 0.6 is 23.2 Å². The molecule has 0 saturated carbocycles. The highest BCUT2D eigenvalue weighted by Crippen LogP contribution is 2.31. The molecule has 5 heteroatoms. The quantitative estimate of drug-likeness (QED) is 0.498. The molecule has 0 spiro atoms. The lowest BCUT2D eigenvalue weighted by Gasteiger charge is -2.08. The van der Waals surface area contributed by atoms with Crippen LogP contribution in [0.5, 0.6) is 5.75 Å². The van der Waals surface area contributed by atoms with Gasteiger partial charge in [0.05, 0.1) is 10.0 Å². The van der Waals surface area contributed by atoms with Crippen LogP contribution in [0.2, 0.25) is 10.0 Å². The summed E-state index contributed by atoms with van der Waals surface area (Å²) < 4.78 is 0. The van der Waals surface area contributed by atoms with E-state index in [1.165, 1.54) is 12.1 Å². The number of phenols is 1. The molecule has 2 rings (SSSR count). The van der Waals surface area contributed by atoms with Gasteiger partial charge in [-0.3, -0.25) is 0 Å². The van der Waals surface area contributed by atoms with Gasteiger partial charge >= 0.3 is 0 Å². The molecule has 3 nitrogen and oxygen atoms in total. The van der Waals surface area contributed by atoms with E-state index in [-0.39, 0.29) is 15.8 Å². The predicted octanol–water partition coefficient (Wildman–Crippen LogP) is 3.93. The first-order valence-electron chi connectivity index (χ1n) is 5.09. The molecule has 2 N–H and O–H groups in total. The maximum atomic E-state index is 9.43. The summed E-state index contributed by atoms with van der Waals surface area (Å²) in [6, 6.07) is 11.8. The third-order valence-electron chi connectivity index (χ3n) is 2.44. The first-order chi connectivity index (χ1) is 8.63. The fourth-order valence-corrected chi connectivity index (χ4v) is 1.99. The van der Waals surface area contributed by atoms with Crippen molar-refractivity contribution < 1.29 is 10.3 Å². The van der Waals surface area contributed by atoms with Crippen molar-refractivity contribution in [2.45, 2.75) is 0 Å². The maximum absolute atomic E-state index is 9.43. The molecule has 18 heavy (non-hydrogen) atoms. The summed E-state index contributed by atoms with van der Waals surface area (Å²) in [5.74, 6) is -0.115. The summed E-state index contributed by atoms with van der Waals surface area (Å²) in [6.45, 7) is 0. The van der Waals surface area contributed by atoms with Gasteiger partial charge < -0.3 is 10.3 Å². The topological polar surface area (TPSA) is 52.8 Å². The van der Waals surface area contributed by atoms with E-state index in [0.717, 1.165) is 0 Å². The zero-order valence-electron chi connectivity index (χ0n) is 9.14. The smallest absolute Gasteiger partial charge is 0.135 e. The van der Waals surface area contributed by atoms with Gasteiger partial charge in [0, 0.05) is 17.2 Å². The van der Waals surface area contributed by atoms with Crippen LogP contribution in [-0.2, 0) is 0 Å². The normalized spacial score (nSPS) is 11.6. The fraction of sp³-hybridized carbons (Fsp3) is 0. The second-order valence-electron chi connectivity index (χ2n) is 3.60. The molecular weight excluding hydrogens is 273 g/mol. The predicted molar refractivity (Wildman–Crippen MR) is 72.0 cm³/mol. The number of nitrogens with zero attached hydrogens (tertiary/aromatic N) is 1. The average molecular weight is 282 g/mol. The molecule has 0 bridgehead atoms. The molecule has 0 fully saturated rings. The monoisotopic (exact) mass is 281 g/mol. The Morgan fingerprint density at radius 2 is 1.67 bits per heavy atom. The number of hydrogen-bond donors (Lipinski definition) is 2. The van der Waals surface area contributed by atoms with Crippen molar-refractivity contribution in [1.82, 2.24) is 0 Å². The van der Waals surface area contributed by atoms with Gasteiger partial charge in [0.25, 0.3) is 0 Å². The molecule has 0 aliphatic rings. The molecule has 2 aromatic carbocycles. The van der Waals surface area contributed by atoms with E-state index >= 15 is 0 Å². The van der Waals surface area contributed by atoms with Gasteiger partial charge in [-0.05, 0) is 6.07 Å². The minimum absolute atomic E-state index is 0.115. The van der Waals surface area contributed by atoms with Gasteiger partial charge in [0.1, 0.15) is 11.5 Å². The minimum atomic E-state index is -0.115. The third kappa shape index (κ3) is 2.42. The Balaban J connectivity index is 2.57. The number of rotatable bonds is 2. The summed E-state index contributed by atoms with van der Waals surface area (Å²) >= 11 is 11.8. The highest BCUT2D eigenvalue weighted by atomic mass is 35.5. The molecule has 0 aliphatic heterocycles. The lowest BCUT2D eigenvalue weighted by molar-refractivity contribution is 0.319. The van der Waals surface area contributed by atoms with Gasteiger partial charge in [-0.25, -0.2) is 0 Å². The number of benzene rings is 2. The molecule has 92 valence electrons. The Kier molecular flexibility index (Phi) is 3.75. The van der Waals surface area contributed by atoms with Crippen molar-refractivity contribution in [2.75, 3.05) is 0 Å². The van der Waals surface area contributed by atoms with E-state index in [2.05, 4.69) is 5.16 Å². The summed E-state index contributed by atoms with van der Waals surface area (Å²) in [5, 5.41) is 22.2. The fourth-order valence-electron chi connectivity index (χ4n) is 1.58.